The number of pyridine rings is 1. The van der Waals surface area contributed by atoms with E-state index in [-0.39, 0.29) is 11.6 Å². The molecule has 2 N–H and O–H groups in total. The number of halogens is 2. The molecule has 12 nitrogen and oxygen atoms in total. The average molecular weight is 623 g/mol. The van der Waals surface area contributed by atoms with Gasteiger partial charge in [0.05, 0.1) is 30.9 Å². The topological polar surface area (TPSA) is 142 Å². The number of anilines is 1. The number of methoxy groups -OCH3 is 1. The lowest BCUT2D eigenvalue weighted by Crippen LogP contribution is -2.49. The maximum atomic E-state index is 14.3. The lowest BCUT2D eigenvalue weighted by atomic mass is 10.0. The summed E-state index contributed by atoms with van der Waals surface area (Å²) in [5, 5.41) is 16.6. The van der Waals surface area contributed by atoms with Gasteiger partial charge in [-0.2, -0.15) is 5.10 Å². The first-order valence-corrected chi connectivity index (χ1v) is 15.5. The molecule has 5 heterocycles. The molecule has 5 aromatic rings. The van der Waals surface area contributed by atoms with Crippen LogP contribution in [0.5, 0.6) is 5.88 Å². The maximum absolute atomic E-state index is 14.3. The zero-order valence-corrected chi connectivity index (χ0v) is 24.4. The van der Waals surface area contributed by atoms with Gasteiger partial charge in [-0.15, -0.1) is 10.2 Å². The summed E-state index contributed by atoms with van der Waals surface area (Å²) in [5.74, 6) is -1.32. The number of aromatic nitrogens is 5. The highest BCUT2D eigenvalue weighted by Crippen LogP contribution is 2.36. The van der Waals surface area contributed by atoms with Crippen LogP contribution >= 0.6 is 0 Å². The molecule has 2 fully saturated rings. The van der Waals surface area contributed by atoms with Crippen LogP contribution in [0, 0.1) is 11.6 Å². The first-order chi connectivity index (χ1) is 21.3. The van der Waals surface area contributed by atoms with Gasteiger partial charge in [-0.25, -0.2) is 22.2 Å². The van der Waals surface area contributed by atoms with Gasteiger partial charge in [-0.05, 0) is 55.3 Å². The highest BCUT2D eigenvalue weighted by atomic mass is 32.2. The molecular formula is C29H28F2N8O4S. The Kier molecular flexibility index (Phi) is 7.22. The molecule has 44 heavy (non-hydrogen) atoms. The minimum atomic E-state index is -4.45. The number of rotatable bonds is 8. The predicted octanol–water partition coefficient (Wildman–Crippen LogP) is 4.04. The van der Waals surface area contributed by atoms with Crippen molar-refractivity contribution < 1.29 is 26.4 Å². The Bertz CT molecular complexity index is 1960. The molecule has 2 saturated heterocycles. The maximum Gasteiger partial charge on any atom is 0.264 e. The molecule has 0 radical (unpaired) electrons. The average Bonchev–Trinajstić information content (AvgIpc) is 3.77. The van der Waals surface area contributed by atoms with E-state index in [1.807, 2.05) is 12.1 Å². The molecule has 0 spiro atoms. The van der Waals surface area contributed by atoms with Crippen LogP contribution in [0.1, 0.15) is 18.7 Å². The fourth-order valence-corrected chi connectivity index (χ4v) is 7.06. The fourth-order valence-electron chi connectivity index (χ4n) is 5.95. The minimum absolute atomic E-state index is 0.0392. The standard InChI is InChI=1S/C29H28F2N8O4S/c1-42-29-25(37-44(40,41)26-5-4-19(30)12-23(26)31)11-18(13-32-29)17-9-21(22-14-33-34-24(22)10-17)28-36-35-27(43-28)16-38-7-8-39-6-2-3-20(39)15-38/h4-5,9-14,20,37H,2-3,6-8,15-16H2,1H3,(H,33,34)/t20-/m0/s1. The molecule has 0 saturated carbocycles. The Labute approximate surface area is 251 Å². The van der Waals surface area contributed by atoms with Crippen LogP contribution in [0.25, 0.3) is 33.5 Å². The van der Waals surface area contributed by atoms with Crippen molar-refractivity contribution in [3.63, 3.8) is 0 Å². The Morgan fingerprint density at radius 3 is 2.82 bits per heavy atom. The SMILES string of the molecule is COc1ncc(-c2cc(-c3nnc(CN4CCN5CCC[C@H]5C4)o3)c3cn[nH]c3c2)cc1NS(=O)(=O)c1ccc(F)cc1F. The van der Waals surface area contributed by atoms with Crippen molar-refractivity contribution in [2.45, 2.75) is 30.3 Å². The number of ether oxygens (including phenoxy) is 1. The summed E-state index contributed by atoms with van der Waals surface area (Å²) >= 11 is 0. The molecule has 0 bridgehead atoms. The van der Waals surface area contributed by atoms with Crippen molar-refractivity contribution in [3.05, 3.63) is 66.3 Å². The number of sulfonamides is 1. The lowest BCUT2D eigenvalue weighted by Gasteiger charge is -2.36. The van der Waals surface area contributed by atoms with E-state index in [9.17, 15) is 17.2 Å². The van der Waals surface area contributed by atoms with E-state index < -0.39 is 26.6 Å². The van der Waals surface area contributed by atoms with Crippen LogP contribution in [0.2, 0.25) is 0 Å². The Morgan fingerprint density at radius 2 is 1.98 bits per heavy atom. The minimum Gasteiger partial charge on any atom is -0.480 e. The van der Waals surface area contributed by atoms with Gasteiger partial charge in [-0.3, -0.25) is 19.6 Å². The zero-order valence-electron chi connectivity index (χ0n) is 23.6. The molecule has 15 heteroatoms. The number of fused-ring (bicyclic) bond motifs is 2. The first-order valence-electron chi connectivity index (χ1n) is 14.1. The van der Waals surface area contributed by atoms with Crippen LogP contribution in [0.3, 0.4) is 0 Å². The molecule has 0 unspecified atom stereocenters. The summed E-state index contributed by atoms with van der Waals surface area (Å²) < 4.78 is 67.5. The van der Waals surface area contributed by atoms with Gasteiger partial charge in [0.2, 0.25) is 17.7 Å². The Hall–Kier alpha value is -4.47. The third kappa shape index (κ3) is 5.37. The van der Waals surface area contributed by atoms with Gasteiger partial charge >= 0.3 is 0 Å². The van der Waals surface area contributed by atoms with Gasteiger partial charge < -0.3 is 9.15 Å². The van der Waals surface area contributed by atoms with Gasteiger partial charge in [0, 0.05) is 48.9 Å². The normalized spacial score (nSPS) is 17.7. The van der Waals surface area contributed by atoms with Crippen molar-refractivity contribution in [1.29, 1.82) is 0 Å². The van der Waals surface area contributed by atoms with Crippen molar-refractivity contribution in [1.82, 2.24) is 35.2 Å². The summed E-state index contributed by atoms with van der Waals surface area (Å²) in [4.78, 5) is 8.43. The number of aromatic amines is 1. The highest BCUT2D eigenvalue weighted by Gasteiger charge is 2.31. The quantitative estimate of drug-likeness (QED) is 0.260. The van der Waals surface area contributed by atoms with Crippen LogP contribution in [-0.2, 0) is 16.6 Å². The smallest absolute Gasteiger partial charge is 0.264 e. The van der Waals surface area contributed by atoms with Crippen LogP contribution in [0.4, 0.5) is 14.5 Å². The molecule has 228 valence electrons. The van der Waals surface area contributed by atoms with Crippen LogP contribution in [-0.4, -0.2) is 82.9 Å². The summed E-state index contributed by atoms with van der Waals surface area (Å²) in [7, 11) is -3.12. The summed E-state index contributed by atoms with van der Waals surface area (Å²) in [6.45, 7) is 4.69. The van der Waals surface area contributed by atoms with Crippen LogP contribution in [0.15, 0.2) is 58.1 Å². The number of hydrogen-bond acceptors (Lipinski definition) is 10. The van der Waals surface area contributed by atoms with E-state index >= 15 is 0 Å². The summed E-state index contributed by atoms with van der Waals surface area (Å²) in [6.07, 6.45) is 5.63. The Balaban J connectivity index is 1.19. The molecule has 0 amide bonds. The molecule has 0 aliphatic carbocycles. The lowest BCUT2D eigenvalue weighted by molar-refractivity contribution is 0.0929. The summed E-state index contributed by atoms with van der Waals surface area (Å²) in [6, 6.07) is 7.95. The van der Waals surface area contributed by atoms with Gasteiger partial charge in [0.25, 0.3) is 10.0 Å². The first kappa shape index (κ1) is 28.3. The van der Waals surface area contributed by atoms with Crippen molar-refractivity contribution in [2.24, 2.45) is 0 Å². The number of hydrogen-bond donors (Lipinski definition) is 2. The molecular weight excluding hydrogens is 594 g/mol. The van der Waals surface area contributed by atoms with E-state index in [2.05, 4.69) is 39.9 Å². The van der Waals surface area contributed by atoms with E-state index in [1.165, 1.54) is 38.8 Å². The molecule has 3 aromatic heterocycles. The summed E-state index contributed by atoms with van der Waals surface area (Å²) in [5.41, 5.74) is 2.42. The largest absolute Gasteiger partial charge is 0.480 e. The molecule has 2 aliphatic heterocycles. The number of nitrogens with one attached hydrogen (secondary N) is 2. The Morgan fingerprint density at radius 1 is 1.09 bits per heavy atom. The number of benzene rings is 2. The number of piperazine rings is 1. The van der Waals surface area contributed by atoms with Crippen molar-refractivity contribution >= 4 is 26.6 Å². The van der Waals surface area contributed by atoms with E-state index in [4.69, 9.17) is 9.15 Å². The van der Waals surface area contributed by atoms with Crippen molar-refractivity contribution in [2.75, 3.05) is 38.0 Å². The molecule has 7 rings (SSSR count). The molecule has 1 atom stereocenters. The number of H-pyrrole nitrogens is 1. The van der Waals surface area contributed by atoms with Gasteiger partial charge in [0.1, 0.15) is 22.2 Å². The molecule has 2 aromatic carbocycles. The van der Waals surface area contributed by atoms with Gasteiger partial charge in [-0.1, -0.05) is 0 Å². The third-order valence-electron chi connectivity index (χ3n) is 8.09. The van der Waals surface area contributed by atoms with Crippen molar-refractivity contribution in [3.8, 4) is 28.5 Å². The number of nitrogens with zero attached hydrogens (tertiary/aromatic N) is 6. The van der Waals surface area contributed by atoms with E-state index in [1.54, 1.807) is 6.20 Å². The predicted molar refractivity (Wildman–Crippen MR) is 156 cm³/mol. The second-order valence-corrected chi connectivity index (χ2v) is 12.5. The monoisotopic (exact) mass is 622 g/mol. The fraction of sp³-hybridized carbons (Fsp3) is 0.310. The van der Waals surface area contributed by atoms with E-state index in [0.29, 0.717) is 52.6 Å². The second-order valence-electron chi connectivity index (χ2n) is 10.9. The van der Waals surface area contributed by atoms with Crippen LogP contribution < -0.4 is 9.46 Å². The van der Waals surface area contributed by atoms with E-state index in [0.717, 1.165) is 37.2 Å². The second kappa shape index (κ2) is 11.2. The third-order valence-corrected chi connectivity index (χ3v) is 9.49. The molecule has 2 aliphatic rings. The highest BCUT2D eigenvalue weighted by molar-refractivity contribution is 7.92. The van der Waals surface area contributed by atoms with Gasteiger partial charge in [0.15, 0.2) is 0 Å². The zero-order chi connectivity index (χ0) is 30.4.